The van der Waals surface area contributed by atoms with Crippen LogP contribution in [-0.2, 0) is 10.0 Å². The maximum absolute atomic E-state index is 12.3. The highest BCUT2D eigenvalue weighted by Crippen LogP contribution is 2.28. The fourth-order valence-electron chi connectivity index (χ4n) is 3.08. The number of sulfonamides is 1. The number of furan rings is 1. The van der Waals surface area contributed by atoms with Crippen molar-refractivity contribution in [3.05, 3.63) is 30.0 Å². The SMILES string of the molecule is COc1cccc2cc(C(=O)NCC3CCN(S(C)(=O)=O)CC3)oc12. The second-order valence-corrected chi connectivity index (χ2v) is 8.29. The first-order valence-corrected chi connectivity index (χ1v) is 10.0. The third-order valence-corrected chi connectivity index (χ3v) is 5.85. The minimum absolute atomic E-state index is 0.244. The molecule has 1 aromatic carbocycles. The normalized spacial score (nSPS) is 16.9. The molecule has 136 valence electrons. The molecule has 0 unspecified atom stereocenters. The zero-order valence-electron chi connectivity index (χ0n) is 14.3. The van der Waals surface area contributed by atoms with Gasteiger partial charge in [0.15, 0.2) is 17.1 Å². The van der Waals surface area contributed by atoms with Crippen molar-refractivity contribution in [2.75, 3.05) is 33.0 Å². The van der Waals surface area contributed by atoms with Crippen LogP contribution >= 0.6 is 0 Å². The number of carbonyl (C=O) groups is 1. The van der Waals surface area contributed by atoms with E-state index in [1.54, 1.807) is 19.2 Å². The second-order valence-electron chi connectivity index (χ2n) is 6.30. The number of hydrogen-bond acceptors (Lipinski definition) is 5. The van der Waals surface area contributed by atoms with Crippen LogP contribution in [0, 0.1) is 5.92 Å². The van der Waals surface area contributed by atoms with E-state index in [1.165, 1.54) is 10.6 Å². The van der Waals surface area contributed by atoms with E-state index in [0.29, 0.717) is 31.0 Å². The Bertz CT molecular complexity index is 866. The zero-order chi connectivity index (χ0) is 18.0. The molecule has 1 amide bonds. The molecule has 0 spiro atoms. The highest BCUT2D eigenvalue weighted by molar-refractivity contribution is 7.88. The number of hydrogen-bond donors (Lipinski definition) is 1. The summed E-state index contributed by atoms with van der Waals surface area (Å²) in [6.45, 7) is 1.51. The quantitative estimate of drug-likeness (QED) is 0.872. The van der Waals surface area contributed by atoms with Gasteiger partial charge in [-0.3, -0.25) is 4.79 Å². The largest absolute Gasteiger partial charge is 0.493 e. The molecule has 0 radical (unpaired) electrons. The summed E-state index contributed by atoms with van der Waals surface area (Å²) in [6, 6.07) is 7.18. The number of ether oxygens (including phenoxy) is 1. The standard InChI is InChI=1S/C17H22N2O5S/c1-23-14-5-3-4-13-10-15(24-16(13)14)17(20)18-11-12-6-8-19(9-7-12)25(2,21)22/h3-5,10,12H,6-9,11H2,1-2H3,(H,18,20). The van der Waals surface area contributed by atoms with Gasteiger partial charge in [0.25, 0.3) is 5.91 Å². The van der Waals surface area contributed by atoms with Gasteiger partial charge in [0.2, 0.25) is 10.0 Å². The molecule has 1 aliphatic heterocycles. The van der Waals surface area contributed by atoms with Gasteiger partial charge < -0.3 is 14.5 Å². The first-order valence-electron chi connectivity index (χ1n) is 8.18. The Hall–Kier alpha value is -2.06. The average Bonchev–Trinajstić information content (AvgIpc) is 3.03. The number of piperidine rings is 1. The number of nitrogens with zero attached hydrogens (tertiary/aromatic N) is 1. The Morgan fingerprint density at radius 2 is 2.08 bits per heavy atom. The summed E-state index contributed by atoms with van der Waals surface area (Å²) in [7, 11) is -1.57. The van der Waals surface area contributed by atoms with Gasteiger partial charge in [-0.25, -0.2) is 12.7 Å². The third kappa shape index (κ3) is 3.96. The molecule has 0 aliphatic carbocycles. The minimum Gasteiger partial charge on any atom is -0.493 e. The molecular weight excluding hydrogens is 344 g/mol. The van der Waals surface area contributed by atoms with Gasteiger partial charge in [-0.2, -0.15) is 0 Å². The molecular formula is C17H22N2O5S. The van der Waals surface area contributed by atoms with Gasteiger partial charge in [-0.05, 0) is 30.9 Å². The molecule has 1 fully saturated rings. The summed E-state index contributed by atoms with van der Waals surface area (Å²) in [5, 5.41) is 3.69. The van der Waals surface area contributed by atoms with Crippen molar-refractivity contribution in [3.63, 3.8) is 0 Å². The summed E-state index contributed by atoms with van der Waals surface area (Å²) >= 11 is 0. The second kappa shape index (κ2) is 7.05. The van der Waals surface area contributed by atoms with Gasteiger partial charge in [0.05, 0.1) is 13.4 Å². The van der Waals surface area contributed by atoms with Crippen LogP contribution in [0.3, 0.4) is 0 Å². The zero-order valence-corrected chi connectivity index (χ0v) is 15.1. The summed E-state index contributed by atoms with van der Waals surface area (Å²) in [5.74, 6) is 0.822. The molecule has 8 heteroatoms. The highest BCUT2D eigenvalue weighted by Gasteiger charge is 2.25. The lowest BCUT2D eigenvalue weighted by molar-refractivity contribution is 0.0916. The molecule has 1 aliphatic rings. The maximum Gasteiger partial charge on any atom is 0.287 e. The van der Waals surface area contributed by atoms with Crippen molar-refractivity contribution in [2.45, 2.75) is 12.8 Å². The Morgan fingerprint density at radius 3 is 2.72 bits per heavy atom. The lowest BCUT2D eigenvalue weighted by Crippen LogP contribution is -2.41. The van der Waals surface area contributed by atoms with E-state index in [2.05, 4.69) is 5.32 Å². The first kappa shape index (κ1) is 17.8. The summed E-state index contributed by atoms with van der Waals surface area (Å²) in [4.78, 5) is 12.3. The summed E-state index contributed by atoms with van der Waals surface area (Å²) in [5.41, 5.74) is 0.552. The number of rotatable bonds is 5. The van der Waals surface area contributed by atoms with Crippen molar-refractivity contribution in [3.8, 4) is 5.75 Å². The number of nitrogens with one attached hydrogen (secondary N) is 1. The van der Waals surface area contributed by atoms with Gasteiger partial charge in [-0.1, -0.05) is 12.1 Å². The number of methoxy groups -OCH3 is 1. The van der Waals surface area contributed by atoms with Gasteiger partial charge in [-0.15, -0.1) is 0 Å². The fraction of sp³-hybridized carbons (Fsp3) is 0.471. The number of carbonyl (C=O) groups excluding carboxylic acids is 1. The summed E-state index contributed by atoms with van der Waals surface area (Å²) in [6.07, 6.45) is 2.70. The molecule has 0 bridgehead atoms. The highest BCUT2D eigenvalue weighted by atomic mass is 32.2. The molecule has 3 rings (SSSR count). The minimum atomic E-state index is -3.13. The molecule has 2 aromatic rings. The molecule has 1 N–H and O–H groups in total. The van der Waals surface area contributed by atoms with E-state index in [0.717, 1.165) is 18.2 Å². The van der Waals surface area contributed by atoms with Crippen molar-refractivity contribution >= 4 is 26.9 Å². The van der Waals surface area contributed by atoms with E-state index in [1.807, 2.05) is 12.1 Å². The first-order chi connectivity index (χ1) is 11.9. The Kier molecular flexibility index (Phi) is 5.01. The Balaban J connectivity index is 1.59. The molecule has 2 heterocycles. The van der Waals surface area contributed by atoms with Crippen molar-refractivity contribution in [1.82, 2.24) is 9.62 Å². The number of para-hydroxylation sites is 1. The smallest absolute Gasteiger partial charge is 0.287 e. The van der Waals surface area contributed by atoms with Crippen LogP contribution in [0.2, 0.25) is 0 Å². The van der Waals surface area contributed by atoms with E-state index in [9.17, 15) is 13.2 Å². The maximum atomic E-state index is 12.3. The molecule has 25 heavy (non-hydrogen) atoms. The van der Waals surface area contributed by atoms with Crippen molar-refractivity contribution in [2.24, 2.45) is 5.92 Å². The van der Waals surface area contributed by atoms with E-state index < -0.39 is 10.0 Å². The fourth-order valence-corrected chi connectivity index (χ4v) is 3.95. The van der Waals surface area contributed by atoms with Gasteiger partial charge in [0.1, 0.15) is 0 Å². The van der Waals surface area contributed by atoms with E-state index in [4.69, 9.17) is 9.15 Å². The lowest BCUT2D eigenvalue weighted by Gasteiger charge is -2.30. The van der Waals surface area contributed by atoms with Crippen LogP contribution in [0.25, 0.3) is 11.0 Å². The van der Waals surface area contributed by atoms with Gasteiger partial charge >= 0.3 is 0 Å². The predicted octanol–water partition coefficient (Wildman–Crippen LogP) is 1.84. The third-order valence-electron chi connectivity index (χ3n) is 4.55. The van der Waals surface area contributed by atoms with E-state index in [-0.39, 0.29) is 17.6 Å². The van der Waals surface area contributed by atoms with E-state index >= 15 is 0 Å². The molecule has 7 nitrogen and oxygen atoms in total. The number of amides is 1. The van der Waals surface area contributed by atoms with Crippen LogP contribution in [-0.4, -0.2) is 51.6 Å². The number of benzene rings is 1. The monoisotopic (exact) mass is 366 g/mol. The summed E-state index contributed by atoms with van der Waals surface area (Å²) < 4.78 is 35.4. The lowest BCUT2D eigenvalue weighted by atomic mass is 9.98. The van der Waals surface area contributed by atoms with Crippen LogP contribution < -0.4 is 10.1 Å². The molecule has 1 saturated heterocycles. The average molecular weight is 366 g/mol. The van der Waals surface area contributed by atoms with Crippen LogP contribution in [0.1, 0.15) is 23.4 Å². The Morgan fingerprint density at radius 1 is 1.36 bits per heavy atom. The topological polar surface area (TPSA) is 88.9 Å². The van der Waals surface area contributed by atoms with Crippen molar-refractivity contribution in [1.29, 1.82) is 0 Å². The number of fused-ring (bicyclic) bond motifs is 1. The van der Waals surface area contributed by atoms with Crippen LogP contribution in [0.4, 0.5) is 0 Å². The molecule has 1 aromatic heterocycles. The van der Waals surface area contributed by atoms with Crippen LogP contribution in [0.5, 0.6) is 5.75 Å². The molecule has 0 saturated carbocycles. The molecule has 0 atom stereocenters. The van der Waals surface area contributed by atoms with Crippen LogP contribution in [0.15, 0.2) is 28.7 Å². The van der Waals surface area contributed by atoms with Gasteiger partial charge in [0, 0.05) is 25.0 Å². The van der Waals surface area contributed by atoms with Crippen molar-refractivity contribution < 1.29 is 22.4 Å². The Labute approximate surface area is 147 Å². The predicted molar refractivity (Wildman–Crippen MR) is 94.2 cm³/mol.